The predicted octanol–water partition coefficient (Wildman–Crippen LogP) is 2.30. The number of H-pyrrole nitrogens is 1. The Kier molecular flexibility index (Phi) is 2.63. The summed E-state index contributed by atoms with van der Waals surface area (Å²) in [6, 6.07) is 6.75. The van der Waals surface area contributed by atoms with Crippen LogP contribution in [0.5, 0.6) is 0 Å². The van der Waals surface area contributed by atoms with Gasteiger partial charge in [0.1, 0.15) is 11.3 Å². The minimum Gasteiger partial charge on any atom is -0.302 e. The van der Waals surface area contributed by atoms with Crippen molar-refractivity contribution in [1.29, 1.82) is 0 Å². The molecule has 20 heavy (non-hydrogen) atoms. The molecule has 3 rings (SSSR count). The first-order chi connectivity index (χ1) is 9.48. The number of halogens is 3. The van der Waals surface area contributed by atoms with Crippen molar-refractivity contribution in [3.05, 3.63) is 70.2 Å². The van der Waals surface area contributed by atoms with E-state index >= 15 is 0 Å². The minimum absolute atomic E-state index is 0.170. The van der Waals surface area contributed by atoms with Crippen LogP contribution in [0.4, 0.5) is 13.2 Å². The Morgan fingerprint density at radius 3 is 2.55 bits per heavy atom. The molecule has 0 aliphatic rings. The molecule has 0 bridgehead atoms. The second-order valence-electron chi connectivity index (χ2n) is 4.22. The maximum atomic E-state index is 14.3. The fourth-order valence-corrected chi connectivity index (χ4v) is 1.88. The maximum absolute atomic E-state index is 14.3. The number of aromatic amines is 1. The maximum Gasteiger partial charge on any atom is 0.331 e. The molecular weight excluding hydrogens is 271 g/mol. The fraction of sp³-hybridized carbons (Fsp3) is 0.0769. The van der Waals surface area contributed by atoms with Gasteiger partial charge in [-0.3, -0.25) is 4.79 Å². The van der Waals surface area contributed by atoms with Crippen molar-refractivity contribution >= 4 is 5.52 Å². The highest BCUT2D eigenvalue weighted by molar-refractivity contribution is 5.43. The summed E-state index contributed by atoms with van der Waals surface area (Å²) >= 11 is 0. The molecule has 4 nitrogen and oxygen atoms in total. The van der Waals surface area contributed by atoms with Gasteiger partial charge in [-0.1, -0.05) is 0 Å². The number of alkyl halides is 2. The van der Waals surface area contributed by atoms with Crippen molar-refractivity contribution in [3.8, 4) is 0 Å². The topological polar surface area (TPSA) is 50.2 Å². The van der Waals surface area contributed by atoms with Crippen LogP contribution >= 0.6 is 0 Å². The van der Waals surface area contributed by atoms with Crippen molar-refractivity contribution in [2.45, 2.75) is 5.92 Å². The molecule has 0 aliphatic carbocycles. The van der Waals surface area contributed by atoms with Gasteiger partial charge in [-0.2, -0.15) is 8.78 Å². The van der Waals surface area contributed by atoms with Crippen molar-refractivity contribution in [3.63, 3.8) is 0 Å². The summed E-state index contributed by atoms with van der Waals surface area (Å²) in [6.45, 7) is 0. The first-order valence-corrected chi connectivity index (χ1v) is 5.70. The number of hydrogen-bond donors (Lipinski definition) is 1. The van der Waals surface area contributed by atoms with Crippen LogP contribution in [0.25, 0.3) is 5.52 Å². The normalized spacial score (nSPS) is 11.9. The van der Waals surface area contributed by atoms with Crippen molar-refractivity contribution in [2.24, 2.45) is 0 Å². The lowest BCUT2D eigenvalue weighted by molar-refractivity contribution is 0.0311. The third-order valence-corrected chi connectivity index (χ3v) is 2.90. The molecular formula is C13H8F3N3O. The van der Waals surface area contributed by atoms with Gasteiger partial charge < -0.3 is 4.98 Å². The SMILES string of the molecule is O=c1[nH]c(C(F)(F)c2ccc(F)cc2)nn2cccc12. The lowest BCUT2D eigenvalue weighted by atomic mass is 10.1. The molecule has 0 radical (unpaired) electrons. The molecule has 0 spiro atoms. The molecule has 2 aromatic heterocycles. The Hall–Kier alpha value is -2.57. The van der Waals surface area contributed by atoms with E-state index in [2.05, 4.69) is 10.1 Å². The molecule has 0 atom stereocenters. The summed E-state index contributed by atoms with van der Waals surface area (Å²) in [4.78, 5) is 13.7. The van der Waals surface area contributed by atoms with Gasteiger partial charge in [0.25, 0.3) is 5.56 Å². The van der Waals surface area contributed by atoms with Gasteiger partial charge in [-0.15, -0.1) is 5.10 Å². The highest BCUT2D eigenvalue weighted by atomic mass is 19.3. The molecule has 0 fully saturated rings. The quantitative estimate of drug-likeness (QED) is 0.782. The summed E-state index contributed by atoms with van der Waals surface area (Å²) in [7, 11) is 0. The van der Waals surface area contributed by atoms with Crippen LogP contribution in [-0.4, -0.2) is 14.6 Å². The van der Waals surface area contributed by atoms with E-state index in [-0.39, 0.29) is 5.52 Å². The Bertz CT molecular complexity index is 821. The van der Waals surface area contributed by atoms with Crippen LogP contribution in [0, 0.1) is 5.82 Å². The Morgan fingerprint density at radius 1 is 1.15 bits per heavy atom. The van der Waals surface area contributed by atoms with Crippen LogP contribution in [-0.2, 0) is 5.92 Å². The third kappa shape index (κ3) is 1.87. The number of aromatic nitrogens is 3. The second kappa shape index (κ2) is 4.22. The van der Waals surface area contributed by atoms with E-state index in [1.165, 1.54) is 18.3 Å². The second-order valence-corrected chi connectivity index (χ2v) is 4.22. The van der Waals surface area contributed by atoms with Gasteiger partial charge in [0, 0.05) is 11.8 Å². The van der Waals surface area contributed by atoms with Crippen LogP contribution in [0.1, 0.15) is 11.4 Å². The van der Waals surface area contributed by atoms with E-state index in [1.54, 1.807) is 0 Å². The van der Waals surface area contributed by atoms with Crippen LogP contribution in [0.15, 0.2) is 47.4 Å². The first-order valence-electron chi connectivity index (χ1n) is 5.70. The number of nitrogens with zero attached hydrogens (tertiary/aromatic N) is 2. The fourth-order valence-electron chi connectivity index (χ4n) is 1.88. The summed E-state index contributed by atoms with van der Waals surface area (Å²) in [5.41, 5.74) is -0.945. The third-order valence-electron chi connectivity index (χ3n) is 2.90. The highest BCUT2D eigenvalue weighted by Gasteiger charge is 2.37. The summed E-state index contributed by atoms with van der Waals surface area (Å²) in [5, 5.41) is 3.68. The molecule has 3 aromatic rings. The molecule has 0 unspecified atom stereocenters. The van der Waals surface area contributed by atoms with Crippen molar-refractivity contribution in [2.75, 3.05) is 0 Å². The molecule has 0 saturated heterocycles. The molecule has 7 heteroatoms. The van der Waals surface area contributed by atoms with Gasteiger partial charge >= 0.3 is 5.92 Å². The summed E-state index contributed by atoms with van der Waals surface area (Å²) in [5.74, 6) is -4.93. The van der Waals surface area contributed by atoms with E-state index in [0.29, 0.717) is 0 Å². The average Bonchev–Trinajstić information content (AvgIpc) is 2.88. The Morgan fingerprint density at radius 2 is 1.85 bits per heavy atom. The largest absolute Gasteiger partial charge is 0.331 e. The molecule has 102 valence electrons. The number of hydrogen-bond acceptors (Lipinski definition) is 2. The molecule has 0 amide bonds. The van der Waals surface area contributed by atoms with E-state index < -0.39 is 28.7 Å². The van der Waals surface area contributed by atoms with Gasteiger partial charge in [0.05, 0.1) is 0 Å². The first kappa shape index (κ1) is 12.5. The van der Waals surface area contributed by atoms with Crippen LogP contribution in [0.3, 0.4) is 0 Å². The van der Waals surface area contributed by atoms with Crippen LogP contribution < -0.4 is 5.56 Å². The molecule has 0 aliphatic heterocycles. The highest BCUT2D eigenvalue weighted by Crippen LogP contribution is 2.32. The van der Waals surface area contributed by atoms with Gasteiger partial charge in [0.2, 0.25) is 5.82 Å². The minimum atomic E-state index is -3.52. The number of fused-ring (bicyclic) bond motifs is 1. The van der Waals surface area contributed by atoms with Gasteiger partial charge in [0.15, 0.2) is 0 Å². The smallest absolute Gasteiger partial charge is 0.302 e. The average molecular weight is 279 g/mol. The lowest BCUT2D eigenvalue weighted by Crippen LogP contribution is -2.25. The van der Waals surface area contributed by atoms with Gasteiger partial charge in [-0.05, 0) is 36.4 Å². The van der Waals surface area contributed by atoms with E-state index in [1.807, 2.05) is 0 Å². The van der Waals surface area contributed by atoms with E-state index in [0.717, 1.165) is 28.8 Å². The molecule has 0 saturated carbocycles. The number of benzene rings is 1. The van der Waals surface area contributed by atoms with Crippen LogP contribution in [0.2, 0.25) is 0 Å². The molecule has 1 N–H and O–H groups in total. The monoisotopic (exact) mass is 279 g/mol. The summed E-state index contributed by atoms with van der Waals surface area (Å²) in [6.07, 6.45) is 1.40. The summed E-state index contributed by atoms with van der Waals surface area (Å²) < 4.78 is 42.4. The van der Waals surface area contributed by atoms with Crippen molar-refractivity contribution < 1.29 is 13.2 Å². The lowest BCUT2D eigenvalue weighted by Gasteiger charge is -2.15. The molecule has 1 aromatic carbocycles. The zero-order chi connectivity index (χ0) is 14.3. The zero-order valence-corrected chi connectivity index (χ0v) is 9.98. The number of rotatable bonds is 2. The Labute approximate surface area is 110 Å². The number of nitrogens with one attached hydrogen (secondary N) is 1. The zero-order valence-electron chi connectivity index (χ0n) is 9.98. The standard InChI is InChI=1S/C13H8F3N3O/c14-9-5-3-8(4-6-9)13(15,16)12-17-11(20)10-2-1-7-19(10)18-12/h1-7H,(H,17,18,20). The molecule has 2 heterocycles. The predicted molar refractivity (Wildman–Crippen MR) is 65.2 cm³/mol. The van der Waals surface area contributed by atoms with E-state index in [9.17, 15) is 18.0 Å². The van der Waals surface area contributed by atoms with Gasteiger partial charge in [-0.25, -0.2) is 8.91 Å². The van der Waals surface area contributed by atoms with Crippen molar-refractivity contribution in [1.82, 2.24) is 14.6 Å². The Balaban J connectivity index is 2.17. The van der Waals surface area contributed by atoms with E-state index in [4.69, 9.17) is 0 Å².